The van der Waals surface area contributed by atoms with E-state index in [1.165, 1.54) is 167 Å². The standard InChI is InChI=1S/C42H83NO4/c1-3-5-7-9-11-13-15-17-19-20-21-22-23-25-27-29-31-33-35-37-41(46)42(47)43-39(38-44)40(45)36-34-32-30-28-26-24-18-16-14-12-10-8-6-4-2/h21-22,39-41,44-46H,3-20,23-38H2,1-2H3,(H,43,47)/b22-21-. The quantitative estimate of drug-likeness (QED) is 0.0390. The van der Waals surface area contributed by atoms with Crippen molar-refractivity contribution in [2.75, 3.05) is 6.61 Å². The molecule has 0 saturated heterocycles. The van der Waals surface area contributed by atoms with E-state index in [9.17, 15) is 20.1 Å². The van der Waals surface area contributed by atoms with E-state index >= 15 is 0 Å². The Morgan fingerprint density at radius 1 is 0.489 bits per heavy atom. The number of amides is 1. The van der Waals surface area contributed by atoms with Crippen LogP contribution in [-0.4, -0.2) is 46.1 Å². The molecule has 5 heteroatoms. The second-order valence-electron chi connectivity index (χ2n) is 14.6. The van der Waals surface area contributed by atoms with Crippen molar-refractivity contribution in [3.05, 3.63) is 12.2 Å². The van der Waals surface area contributed by atoms with Gasteiger partial charge in [0.15, 0.2) is 0 Å². The largest absolute Gasteiger partial charge is 0.394 e. The first kappa shape index (κ1) is 46.1. The molecule has 1 amide bonds. The van der Waals surface area contributed by atoms with Gasteiger partial charge in [-0.3, -0.25) is 4.79 Å². The second-order valence-corrected chi connectivity index (χ2v) is 14.6. The average molecular weight is 666 g/mol. The Bertz CT molecular complexity index is 655. The van der Waals surface area contributed by atoms with Crippen molar-refractivity contribution in [2.45, 2.75) is 244 Å². The second kappa shape index (κ2) is 37.9. The molecule has 0 aromatic carbocycles. The molecule has 0 spiro atoms. The number of aliphatic hydroxyl groups excluding tert-OH is 3. The summed E-state index contributed by atoms with van der Waals surface area (Å²) in [6.45, 7) is 4.23. The van der Waals surface area contributed by atoms with Crippen molar-refractivity contribution in [1.29, 1.82) is 0 Å². The molecule has 0 fully saturated rings. The summed E-state index contributed by atoms with van der Waals surface area (Å²) in [5.41, 5.74) is 0. The fourth-order valence-electron chi connectivity index (χ4n) is 6.54. The van der Waals surface area contributed by atoms with Gasteiger partial charge in [0.25, 0.3) is 0 Å². The van der Waals surface area contributed by atoms with Gasteiger partial charge in [-0.15, -0.1) is 0 Å². The zero-order valence-electron chi connectivity index (χ0n) is 31.7. The molecule has 0 aliphatic heterocycles. The third kappa shape index (κ3) is 33.4. The molecule has 0 aromatic heterocycles. The summed E-state index contributed by atoms with van der Waals surface area (Å²) in [6, 6.07) is -0.710. The number of carbonyl (C=O) groups excluding carboxylic acids is 1. The van der Waals surface area contributed by atoms with E-state index in [4.69, 9.17) is 0 Å². The van der Waals surface area contributed by atoms with Gasteiger partial charge in [0.2, 0.25) is 5.91 Å². The highest BCUT2D eigenvalue weighted by Crippen LogP contribution is 2.16. The van der Waals surface area contributed by atoms with Crippen LogP contribution in [0.4, 0.5) is 0 Å². The van der Waals surface area contributed by atoms with Crippen molar-refractivity contribution in [3.8, 4) is 0 Å². The molecule has 0 aliphatic carbocycles. The minimum Gasteiger partial charge on any atom is -0.394 e. The highest BCUT2D eigenvalue weighted by molar-refractivity contribution is 5.80. The van der Waals surface area contributed by atoms with Gasteiger partial charge in [-0.25, -0.2) is 0 Å². The van der Waals surface area contributed by atoms with E-state index in [1.807, 2.05) is 0 Å². The maximum absolute atomic E-state index is 12.5. The summed E-state index contributed by atoms with van der Waals surface area (Å²) >= 11 is 0. The molecule has 3 atom stereocenters. The van der Waals surface area contributed by atoms with Crippen molar-refractivity contribution < 1.29 is 20.1 Å². The van der Waals surface area contributed by atoms with Gasteiger partial charge >= 0.3 is 0 Å². The first-order chi connectivity index (χ1) is 23.1. The van der Waals surface area contributed by atoms with E-state index in [-0.39, 0.29) is 6.61 Å². The van der Waals surface area contributed by atoms with E-state index in [1.54, 1.807) is 0 Å². The predicted molar refractivity (Wildman–Crippen MR) is 204 cm³/mol. The van der Waals surface area contributed by atoms with Crippen LogP contribution in [0.5, 0.6) is 0 Å². The van der Waals surface area contributed by atoms with Crippen LogP contribution in [0.1, 0.15) is 226 Å². The summed E-state index contributed by atoms with van der Waals surface area (Å²) < 4.78 is 0. The maximum atomic E-state index is 12.5. The van der Waals surface area contributed by atoms with E-state index in [0.29, 0.717) is 12.8 Å². The van der Waals surface area contributed by atoms with E-state index < -0.39 is 24.2 Å². The Labute approximate surface area is 293 Å². The molecule has 0 heterocycles. The van der Waals surface area contributed by atoms with Crippen molar-refractivity contribution in [1.82, 2.24) is 5.32 Å². The Hall–Kier alpha value is -0.910. The molecule has 47 heavy (non-hydrogen) atoms. The first-order valence-corrected chi connectivity index (χ1v) is 21.0. The molecule has 3 unspecified atom stereocenters. The van der Waals surface area contributed by atoms with Gasteiger partial charge in [-0.05, 0) is 38.5 Å². The molecule has 0 rings (SSSR count). The number of nitrogens with one attached hydrogen (secondary N) is 1. The van der Waals surface area contributed by atoms with Gasteiger partial charge in [-0.2, -0.15) is 0 Å². The Balaban J connectivity index is 3.64. The molecule has 5 nitrogen and oxygen atoms in total. The van der Waals surface area contributed by atoms with Gasteiger partial charge in [-0.1, -0.05) is 199 Å². The smallest absolute Gasteiger partial charge is 0.249 e. The summed E-state index contributed by atoms with van der Waals surface area (Å²) in [5.74, 6) is -0.474. The molecule has 4 N–H and O–H groups in total. The van der Waals surface area contributed by atoms with Crippen LogP contribution >= 0.6 is 0 Å². The number of unbranched alkanes of at least 4 members (excludes halogenated alkanes) is 28. The molecular formula is C42H83NO4. The zero-order valence-corrected chi connectivity index (χ0v) is 31.7. The van der Waals surface area contributed by atoms with Gasteiger partial charge in [0, 0.05) is 0 Å². The minimum absolute atomic E-state index is 0.313. The van der Waals surface area contributed by atoms with Crippen LogP contribution in [0.15, 0.2) is 12.2 Å². The molecule has 0 radical (unpaired) electrons. The van der Waals surface area contributed by atoms with Crippen LogP contribution < -0.4 is 5.32 Å². The van der Waals surface area contributed by atoms with Crippen LogP contribution in [0.2, 0.25) is 0 Å². The third-order valence-electron chi connectivity index (χ3n) is 9.88. The maximum Gasteiger partial charge on any atom is 0.249 e. The van der Waals surface area contributed by atoms with Gasteiger partial charge in [0.05, 0.1) is 18.8 Å². The molecule has 0 aliphatic rings. The number of rotatable bonds is 38. The number of aliphatic hydroxyl groups is 3. The highest BCUT2D eigenvalue weighted by Gasteiger charge is 2.23. The fraction of sp³-hybridized carbons (Fsp3) is 0.929. The van der Waals surface area contributed by atoms with Gasteiger partial charge < -0.3 is 20.6 Å². The van der Waals surface area contributed by atoms with Crippen LogP contribution in [0, 0.1) is 0 Å². The summed E-state index contributed by atoms with van der Waals surface area (Å²) in [6.07, 6.45) is 43.4. The lowest BCUT2D eigenvalue weighted by Crippen LogP contribution is -2.49. The summed E-state index contributed by atoms with van der Waals surface area (Å²) in [7, 11) is 0. The lowest BCUT2D eigenvalue weighted by atomic mass is 10.0. The van der Waals surface area contributed by atoms with Crippen LogP contribution in [0.25, 0.3) is 0 Å². The molecule has 0 saturated carbocycles. The lowest BCUT2D eigenvalue weighted by molar-refractivity contribution is -0.131. The topological polar surface area (TPSA) is 89.8 Å². The van der Waals surface area contributed by atoms with Crippen LogP contribution in [-0.2, 0) is 4.79 Å². The van der Waals surface area contributed by atoms with E-state index in [0.717, 1.165) is 32.1 Å². The fourth-order valence-corrected chi connectivity index (χ4v) is 6.54. The van der Waals surface area contributed by atoms with E-state index in [2.05, 4.69) is 31.3 Å². The molecular weight excluding hydrogens is 582 g/mol. The summed E-state index contributed by atoms with van der Waals surface area (Å²) in [5, 5.41) is 33.2. The first-order valence-electron chi connectivity index (χ1n) is 21.0. The normalized spacial score (nSPS) is 13.7. The average Bonchev–Trinajstić information content (AvgIpc) is 3.07. The Morgan fingerprint density at radius 2 is 0.809 bits per heavy atom. The van der Waals surface area contributed by atoms with Gasteiger partial charge in [0.1, 0.15) is 6.10 Å². The summed E-state index contributed by atoms with van der Waals surface area (Å²) in [4.78, 5) is 12.5. The predicted octanol–water partition coefficient (Wildman–Crippen LogP) is 11.7. The zero-order chi connectivity index (χ0) is 34.5. The SMILES string of the molecule is CCCCCCCCCCC/C=C\CCCCCCCCC(O)C(=O)NC(CO)C(O)CCCCCCCCCCCCCCCC. The number of hydrogen-bond donors (Lipinski definition) is 4. The van der Waals surface area contributed by atoms with Crippen molar-refractivity contribution >= 4 is 5.91 Å². The van der Waals surface area contributed by atoms with Crippen molar-refractivity contribution in [3.63, 3.8) is 0 Å². The molecule has 0 aromatic rings. The van der Waals surface area contributed by atoms with Crippen molar-refractivity contribution in [2.24, 2.45) is 0 Å². The Kier molecular flexibility index (Phi) is 37.2. The number of hydrogen-bond acceptors (Lipinski definition) is 4. The Morgan fingerprint density at radius 3 is 1.17 bits per heavy atom. The lowest BCUT2D eigenvalue weighted by Gasteiger charge is -2.23. The van der Waals surface area contributed by atoms with Crippen LogP contribution in [0.3, 0.4) is 0 Å². The molecule has 0 bridgehead atoms. The minimum atomic E-state index is -1.08. The number of carbonyl (C=O) groups is 1. The third-order valence-corrected chi connectivity index (χ3v) is 9.88. The monoisotopic (exact) mass is 666 g/mol. The number of allylic oxidation sites excluding steroid dienone is 2. The highest BCUT2D eigenvalue weighted by atomic mass is 16.3. The molecule has 280 valence electrons.